The fourth-order valence-corrected chi connectivity index (χ4v) is 9.44. The van der Waals surface area contributed by atoms with Crippen LogP contribution in [-0.2, 0) is 33.3 Å². The van der Waals surface area contributed by atoms with Crippen LogP contribution < -0.4 is 0 Å². The molecule has 532 valence electrons. The molecule has 1 N–H and O–H groups in total. The third kappa shape index (κ3) is 75.1. The van der Waals surface area contributed by atoms with E-state index in [0.29, 0.717) is 23.9 Å². The van der Waals surface area contributed by atoms with E-state index in [4.69, 9.17) is 18.9 Å². The second kappa shape index (κ2) is 73.7. The lowest BCUT2D eigenvalue weighted by molar-refractivity contribution is -0.870. The predicted molar refractivity (Wildman–Crippen MR) is 409 cm³/mol. The molecule has 0 aromatic carbocycles. The number of aliphatic carboxylic acids is 1. The van der Waals surface area contributed by atoms with Gasteiger partial charge in [-0.3, -0.25) is 9.59 Å². The zero-order valence-electron chi connectivity index (χ0n) is 60.7. The van der Waals surface area contributed by atoms with Crippen LogP contribution in [0.2, 0.25) is 0 Å². The number of unbranched alkanes of at least 4 members (excludes halogenated alkanes) is 17. The van der Waals surface area contributed by atoms with E-state index < -0.39 is 24.3 Å². The van der Waals surface area contributed by atoms with Gasteiger partial charge in [-0.15, -0.1) is 0 Å². The van der Waals surface area contributed by atoms with Crippen molar-refractivity contribution >= 4 is 17.9 Å². The number of carbonyl (C=O) groups is 3. The Morgan fingerprint density at radius 2 is 0.579 bits per heavy atom. The minimum Gasteiger partial charge on any atom is -0.477 e. The Bertz CT molecular complexity index is 2320. The molecule has 9 nitrogen and oxygen atoms in total. The van der Waals surface area contributed by atoms with Gasteiger partial charge in [0.1, 0.15) is 13.2 Å². The van der Waals surface area contributed by atoms with Crippen LogP contribution in [0.15, 0.2) is 207 Å². The first-order valence-electron chi connectivity index (χ1n) is 37.2. The lowest BCUT2D eigenvalue weighted by atomic mass is 10.0. The summed E-state index contributed by atoms with van der Waals surface area (Å²) in [5.74, 6) is -2.10. The number of rotatable bonds is 66. The quantitative estimate of drug-likeness (QED) is 0.0211. The Labute approximate surface area is 582 Å². The van der Waals surface area contributed by atoms with Crippen LogP contribution in [0.3, 0.4) is 0 Å². The molecule has 0 saturated carbocycles. The molecule has 0 aliphatic heterocycles. The second-order valence-electron chi connectivity index (χ2n) is 25.1. The smallest absolute Gasteiger partial charge is 0.361 e. The van der Waals surface area contributed by atoms with Crippen LogP contribution in [-0.4, -0.2) is 87.4 Å². The van der Waals surface area contributed by atoms with E-state index in [2.05, 4.69) is 220 Å². The van der Waals surface area contributed by atoms with Gasteiger partial charge in [-0.1, -0.05) is 310 Å². The number of hydrogen-bond acceptors (Lipinski definition) is 7. The molecule has 95 heavy (non-hydrogen) atoms. The lowest BCUT2D eigenvalue weighted by Crippen LogP contribution is -2.40. The van der Waals surface area contributed by atoms with E-state index in [1.165, 1.54) is 89.9 Å². The summed E-state index contributed by atoms with van der Waals surface area (Å²) in [5, 5.41) is 9.75. The predicted octanol–water partition coefficient (Wildman–Crippen LogP) is 23.9. The van der Waals surface area contributed by atoms with Crippen molar-refractivity contribution in [3.05, 3.63) is 207 Å². The van der Waals surface area contributed by atoms with Crippen LogP contribution in [0, 0.1) is 0 Å². The molecule has 0 bridgehead atoms. The van der Waals surface area contributed by atoms with Gasteiger partial charge in [0.15, 0.2) is 6.10 Å². The number of ether oxygens (including phenoxy) is 4. The number of quaternary nitrogens is 1. The molecule has 0 aliphatic rings. The number of carbonyl (C=O) groups excluding carboxylic acids is 2. The molecule has 9 heteroatoms. The average molecular weight is 1310 g/mol. The standard InChI is InChI=1S/C86H135NO8/c1-6-8-10-12-14-16-18-20-22-24-26-28-30-32-34-36-37-38-39-40-41-42-43-44-45-46-47-49-50-52-54-56-58-60-62-64-66-68-70-72-74-76-83(88)93-80-82(81-94-86(85(90)91)92-79-78-87(3,4)5)95-84(89)77-75-73-71-69-67-65-63-61-59-57-55-53-51-48-35-33-31-29-27-25-23-21-19-17-15-13-11-9-7-2/h8-11,14-17,20-23,26-29,32-35,37-38,40-41,43-44,51,53,57,59,63,65,69,71,82,86H,6-7,12-13,18-19,24-25,30-31,36,39,42,45-50,52,54-56,58,60-62,64,66-68,70,72-81H2,1-5H3/p+1/b10-8-,11-9-,16-14-,17-15-,22-20-,23-21-,28-26-,29-27-,34-32-,35-33-,38-37-,41-40-,44-43-,53-51-,59-57-,65-63-,71-69-. The Hall–Kier alpha value is -6.13. The third-order valence-corrected chi connectivity index (χ3v) is 15.0. The van der Waals surface area contributed by atoms with Crippen molar-refractivity contribution in [1.29, 1.82) is 0 Å². The molecule has 0 saturated heterocycles. The molecular weight excluding hydrogens is 1170 g/mol. The Kier molecular flexibility index (Phi) is 68.9. The summed E-state index contributed by atoms with van der Waals surface area (Å²) in [7, 11) is 5.95. The van der Waals surface area contributed by atoms with E-state index in [9.17, 15) is 19.5 Å². The first kappa shape index (κ1) is 88.9. The summed E-state index contributed by atoms with van der Waals surface area (Å²) in [6, 6.07) is 0. The monoisotopic (exact) mass is 1310 g/mol. The topological polar surface area (TPSA) is 108 Å². The van der Waals surface area contributed by atoms with E-state index in [1.54, 1.807) is 0 Å². The molecule has 0 heterocycles. The molecule has 2 atom stereocenters. The zero-order valence-corrected chi connectivity index (χ0v) is 60.7. The summed E-state index contributed by atoms with van der Waals surface area (Å²) in [4.78, 5) is 37.6. The van der Waals surface area contributed by atoms with Crippen LogP contribution in [0.1, 0.15) is 258 Å². The van der Waals surface area contributed by atoms with Gasteiger partial charge in [0.2, 0.25) is 0 Å². The summed E-state index contributed by atoms with van der Waals surface area (Å²) in [6.07, 6.45) is 112. The first-order chi connectivity index (χ1) is 46.6. The maximum atomic E-state index is 12.9. The van der Waals surface area contributed by atoms with E-state index in [0.717, 1.165) is 128 Å². The van der Waals surface area contributed by atoms with Gasteiger partial charge in [-0.05, 0) is 141 Å². The minimum absolute atomic E-state index is 0.167. The summed E-state index contributed by atoms with van der Waals surface area (Å²) in [6.45, 7) is 4.56. The van der Waals surface area contributed by atoms with Gasteiger partial charge in [0.25, 0.3) is 6.29 Å². The summed E-state index contributed by atoms with van der Waals surface area (Å²) >= 11 is 0. The van der Waals surface area contributed by atoms with Gasteiger partial charge in [-0.2, -0.15) is 0 Å². The molecule has 0 amide bonds. The number of carboxylic acid groups (broad SMARTS) is 1. The van der Waals surface area contributed by atoms with Gasteiger partial charge < -0.3 is 28.5 Å². The van der Waals surface area contributed by atoms with Crippen molar-refractivity contribution in [3.8, 4) is 0 Å². The fourth-order valence-electron chi connectivity index (χ4n) is 9.44. The highest BCUT2D eigenvalue weighted by atomic mass is 16.7. The van der Waals surface area contributed by atoms with Crippen molar-refractivity contribution in [1.82, 2.24) is 0 Å². The van der Waals surface area contributed by atoms with Gasteiger partial charge >= 0.3 is 17.9 Å². The largest absolute Gasteiger partial charge is 0.477 e. The van der Waals surface area contributed by atoms with Crippen LogP contribution >= 0.6 is 0 Å². The minimum atomic E-state index is -1.54. The molecule has 0 aliphatic carbocycles. The maximum absolute atomic E-state index is 12.9. The van der Waals surface area contributed by atoms with Crippen LogP contribution in [0.4, 0.5) is 0 Å². The Balaban J connectivity index is 4.18. The third-order valence-electron chi connectivity index (χ3n) is 15.0. The highest BCUT2D eigenvalue weighted by Crippen LogP contribution is 2.16. The van der Waals surface area contributed by atoms with E-state index >= 15 is 0 Å². The maximum Gasteiger partial charge on any atom is 0.361 e. The van der Waals surface area contributed by atoms with Crippen molar-refractivity contribution in [2.45, 2.75) is 270 Å². The van der Waals surface area contributed by atoms with Crippen molar-refractivity contribution in [2.24, 2.45) is 0 Å². The number of esters is 2. The zero-order chi connectivity index (χ0) is 69.0. The van der Waals surface area contributed by atoms with Crippen molar-refractivity contribution in [3.63, 3.8) is 0 Å². The molecule has 0 aromatic rings. The SMILES string of the molecule is CC/C=C\C/C=C\C/C=C\C/C=C\C/C=C\C/C=C\C/C=C\C/C=C\C/C=C\CCCC(=O)OC(COC(=O)CCCCCCCCCCCCCCCCCC/C=C\C/C=C\C/C=C\C/C=C\C/C=C\C/C=C\C/C=C\C/C=C\CC)COC(OCC[N+](C)(C)C)C(=O)O. The summed E-state index contributed by atoms with van der Waals surface area (Å²) < 4.78 is 22.9. The number of nitrogens with zero attached hydrogens (tertiary/aromatic N) is 1. The lowest BCUT2D eigenvalue weighted by Gasteiger charge is -2.25. The molecule has 0 radical (unpaired) electrons. The van der Waals surface area contributed by atoms with Crippen LogP contribution in [0.25, 0.3) is 0 Å². The Morgan fingerprint density at radius 3 is 0.874 bits per heavy atom. The normalized spacial score (nSPS) is 13.9. The molecule has 0 spiro atoms. The summed E-state index contributed by atoms with van der Waals surface area (Å²) in [5.41, 5.74) is 0. The van der Waals surface area contributed by atoms with E-state index in [1.807, 2.05) is 21.1 Å². The first-order valence-corrected chi connectivity index (χ1v) is 37.2. The van der Waals surface area contributed by atoms with Gasteiger partial charge in [0.05, 0.1) is 34.4 Å². The number of allylic oxidation sites excluding steroid dienone is 34. The van der Waals surface area contributed by atoms with Gasteiger partial charge in [0, 0.05) is 12.8 Å². The fraction of sp³-hybridized carbons (Fsp3) is 0.570. The highest BCUT2D eigenvalue weighted by molar-refractivity contribution is 5.71. The average Bonchev–Trinajstić information content (AvgIpc) is 2.86. The molecule has 0 fully saturated rings. The van der Waals surface area contributed by atoms with Crippen molar-refractivity contribution in [2.75, 3.05) is 47.5 Å². The molecular formula is C86H136NO8+. The Morgan fingerprint density at radius 1 is 0.316 bits per heavy atom. The molecule has 0 rings (SSSR count). The van der Waals surface area contributed by atoms with E-state index in [-0.39, 0.29) is 38.6 Å². The highest BCUT2D eigenvalue weighted by Gasteiger charge is 2.25. The van der Waals surface area contributed by atoms with Crippen LogP contribution in [0.5, 0.6) is 0 Å². The molecule has 0 aromatic heterocycles. The number of hydrogen-bond donors (Lipinski definition) is 1. The molecule has 2 unspecified atom stereocenters. The number of carboxylic acids is 1. The number of likely N-dealkylation sites (N-methyl/N-ethyl adjacent to an activating group) is 1. The van der Waals surface area contributed by atoms with Gasteiger partial charge in [-0.25, -0.2) is 4.79 Å². The second-order valence-corrected chi connectivity index (χ2v) is 25.1. The van der Waals surface area contributed by atoms with Crippen molar-refractivity contribution < 1.29 is 42.9 Å².